The minimum Gasteiger partial charge on any atom is -0.481 e. The highest BCUT2D eigenvalue weighted by atomic mass is 16.5. The van der Waals surface area contributed by atoms with Gasteiger partial charge in [0.15, 0.2) is 0 Å². The van der Waals surface area contributed by atoms with Gasteiger partial charge in [-0.3, -0.25) is 0 Å². The molecule has 3 unspecified atom stereocenters. The summed E-state index contributed by atoms with van der Waals surface area (Å²) in [6.07, 6.45) is 5.84. The molecule has 2 rings (SSSR count). The summed E-state index contributed by atoms with van der Waals surface area (Å²) >= 11 is 0. The third kappa shape index (κ3) is 3.22. The van der Waals surface area contributed by atoms with Gasteiger partial charge in [-0.2, -0.15) is 0 Å². The van der Waals surface area contributed by atoms with Gasteiger partial charge in [0.2, 0.25) is 5.88 Å². The van der Waals surface area contributed by atoms with Crippen LogP contribution in [0.1, 0.15) is 38.7 Å². The van der Waals surface area contributed by atoms with Crippen LogP contribution in [0.5, 0.6) is 5.88 Å². The molecule has 1 aromatic heterocycles. The van der Waals surface area contributed by atoms with Crippen molar-refractivity contribution in [1.82, 2.24) is 10.3 Å². The van der Waals surface area contributed by atoms with E-state index in [1.54, 1.807) is 7.11 Å². The molecule has 3 heteroatoms. The summed E-state index contributed by atoms with van der Waals surface area (Å²) in [5.74, 6) is 2.30. The van der Waals surface area contributed by atoms with Crippen LogP contribution in [-0.4, -0.2) is 18.1 Å². The van der Waals surface area contributed by atoms with E-state index in [0.29, 0.717) is 11.9 Å². The van der Waals surface area contributed by atoms with Crippen molar-refractivity contribution in [2.24, 2.45) is 11.8 Å². The van der Waals surface area contributed by atoms with E-state index >= 15 is 0 Å². The average Bonchev–Trinajstić information content (AvgIpc) is 2.41. The van der Waals surface area contributed by atoms with E-state index in [2.05, 4.69) is 24.1 Å². The van der Waals surface area contributed by atoms with Crippen molar-refractivity contribution < 1.29 is 4.74 Å². The normalized spacial score (nSPS) is 28.1. The number of methoxy groups -OCH3 is 1. The van der Waals surface area contributed by atoms with Crippen LogP contribution in [0.15, 0.2) is 18.3 Å². The van der Waals surface area contributed by atoms with Gasteiger partial charge >= 0.3 is 0 Å². The summed E-state index contributed by atoms with van der Waals surface area (Å²) in [4.78, 5) is 4.13. The average molecular weight is 248 g/mol. The number of ether oxygens (including phenoxy) is 1. The third-order valence-electron chi connectivity index (χ3n) is 4.28. The molecule has 100 valence electrons. The van der Waals surface area contributed by atoms with Gasteiger partial charge in [0, 0.05) is 24.8 Å². The molecule has 1 N–H and O–H groups in total. The minimum atomic E-state index is 0.646. The fourth-order valence-electron chi connectivity index (χ4n) is 2.79. The summed E-state index contributed by atoms with van der Waals surface area (Å²) < 4.78 is 5.15. The molecule has 0 aliphatic heterocycles. The highest BCUT2D eigenvalue weighted by molar-refractivity contribution is 5.20. The first-order chi connectivity index (χ1) is 8.70. The molecule has 1 aromatic rings. The molecule has 3 nitrogen and oxygen atoms in total. The smallest absolute Gasteiger partial charge is 0.213 e. The lowest BCUT2D eigenvalue weighted by molar-refractivity contribution is 0.206. The standard InChI is InChI=1S/C15H24N2O/c1-11-5-4-6-14(12(11)2)17-10-13-7-8-16-15(9-13)18-3/h7-9,11-12,14,17H,4-6,10H2,1-3H3. The largest absolute Gasteiger partial charge is 0.481 e. The molecule has 0 radical (unpaired) electrons. The zero-order valence-electron chi connectivity index (χ0n) is 11.6. The fraction of sp³-hybridized carbons (Fsp3) is 0.667. The van der Waals surface area contributed by atoms with Crippen LogP contribution in [0.25, 0.3) is 0 Å². The van der Waals surface area contributed by atoms with E-state index in [9.17, 15) is 0 Å². The summed E-state index contributed by atoms with van der Waals surface area (Å²) in [5.41, 5.74) is 1.24. The van der Waals surface area contributed by atoms with Crippen molar-refractivity contribution in [3.8, 4) is 5.88 Å². The highest BCUT2D eigenvalue weighted by Gasteiger charge is 2.26. The summed E-state index contributed by atoms with van der Waals surface area (Å²) in [5, 5.41) is 3.69. The van der Waals surface area contributed by atoms with Gasteiger partial charge in [-0.05, 0) is 29.9 Å². The second kappa shape index (κ2) is 6.19. The summed E-state index contributed by atoms with van der Waals surface area (Å²) in [6, 6.07) is 4.70. The first kappa shape index (κ1) is 13.3. The molecule has 1 saturated carbocycles. The van der Waals surface area contributed by atoms with Gasteiger partial charge in [-0.25, -0.2) is 4.98 Å². The zero-order chi connectivity index (χ0) is 13.0. The Kier molecular flexibility index (Phi) is 4.59. The third-order valence-corrected chi connectivity index (χ3v) is 4.28. The number of nitrogens with one attached hydrogen (secondary N) is 1. The maximum Gasteiger partial charge on any atom is 0.213 e. The fourth-order valence-corrected chi connectivity index (χ4v) is 2.79. The second-order valence-corrected chi connectivity index (χ2v) is 5.46. The molecule has 1 heterocycles. The van der Waals surface area contributed by atoms with E-state index in [0.717, 1.165) is 18.4 Å². The van der Waals surface area contributed by atoms with Crippen molar-refractivity contribution in [3.63, 3.8) is 0 Å². The number of pyridine rings is 1. The molecule has 1 aliphatic rings. The van der Waals surface area contributed by atoms with Crippen molar-refractivity contribution >= 4 is 0 Å². The predicted molar refractivity (Wildman–Crippen MR) is 73.6 cm³/mol. The van der Waals surface area contributed by atoms with Crippen LogP contribution in [-0.2, 0) is 6.54 Å². The van der Waals surface area contributed by atoms with Crippen LogP contribution in [0.3, 0.4) is 0 Å². The highest BCUT2D eigenvalue weighted by Crippen LogP contribution is 2.29. The van der Waals surface area contributed by atoms with Crippen LogP contribution in [0, 0.1) is 11.8 Å². The maximum absolute atomic E-state index is 5.15. The lowest BCUT2D eigenvalue weighted by Crippen LogP contribution is -2.40. The first-order valence-electron chi connectivity index (χ1n) is 6.93. The summed E-state index contributed by atoms with van der Waals surface area (Å²) in [6.45, 7) is 5.64. The molecular formula is C15H24N2O. The topological polar surface area (TPSA) is 34.1 Å². The predicted octanol–water partition coefficient (Wildman–Crippen LogP) is 3.00. The molecule has 1 fully saturated rings. The second-order valence-electron chi connectivity index (χ2n) is 5.46. The number of nitrogens with zero attached hydrogens (tertiary/aromatic N) is 1. The lowest BCUT2D eigenvalue weighted by atomic mass is 9.78. The molecule has 3 atom stereocenters. The Bertz CT molecular complexity index is 381. The Labute approximate surface area is 110 Å². The Morgan fingerprint density at radius 2 is 2.22 bits per heavy atom. The van der Waals surface area contributed by atoms with Gasteiger partial charge in [-0.1, -0.05) is 26.7 Å². The molecule has 0 spiro atoms. The molecule has 1 aliphatic carbocycles. The van der Waals surface area contributed by atoms with Crippen LogP contribution in [0.2, 0.25) is 0 Å². The van der Waals surface area contributed by atoms with E-state index in [-0.39, 0.29) is 0 Å². The van der Waals surface area contributed by atoms with E-state index in [1.165, 1.54) is 24.8 Å². The van der Waals surface area contributed by atoms with Crippen LogP contribution >= 0.6 is 0 Å². The van der Waals surface area contributed by atoms with Gasteiger partial charge < -0.3 is 10.1 Å². The maximum atomic E-state index is 5.15. The monoisotopic (exact) mass is 248 g/mol. The number of hydrogen-bond acceptors (Lipinski definition) is 3. The van der Waals surface area contributed by atoms with E-state index in [1.807, 2.05) is 18.3 Å². The Morgan fingerprint density at radius 3 is 3.00 bits per heavy atom. The molecule has 18 heavy (non-hydrogen) atoms. The SMILES string of the molecule is COc1cc(CNC2CCCC(C)C2C)ccn1. The van der Waals surface area contributed by atoms with Crippen molar-refractivity contribution in [3.05, 3.63) is 23.9 Å². The van der Waals surface area contributed by atoms with Gasteiger partial charge in [0.25, 0.3) is 0 Å². The van der Waals surface area contributed by atoms with Crippen LogP contribution in [0.4, 0.5) is 0 Å². The Morgan fingerprint density at radius 1 is 1.39 bits per heavy atom. The van der Waals surface area contributed by atoms with Gasteiger partial charge in [0.1, 0.15) is 0 Å². The van der Waals surface area contributed by atoms with E-state index < -0.39 is 0 Å². The molecule has 0 aromatic carbocycles. The molecule has 0 bridgehead atoms. The van der Waals surface area contributed by atoms with Crippen molar-refractivity contribution in [1.29, 1.82) is 0 Å². The van der Waals surface area contributed by atoms with Gasteiger partial charge in [-0.15, -0.1) is 0 Å². The number of hydrogen-bond donors (Lipinski definition) is 1. The van der Waals surface area contributed by atoms with Crippen molar-refractivity contribution in [2.75, 3.05) is 7.11 Å². The van der Waals surface area contributed by atoms with Crippen LogP contribution < -0.4 is 10.1 Å². The lowest BCUT2D eigenvalue weighted by Gasteiger charge is -2.34. The number of aromatic nitrogens is 1. The molecule has 0 saturated heterocycles. The Hall–Kier alpha value is -1.09. The minimum absolute atomic E-state index is 0.646. The van der Waals surface area contributed by atoms with Crippen molar-refractivity contribution in [2.45, 2.75) is 45.7 Å². The molecular weight excluding hydrogens is 224 g/mol. The van der Waals surface area contributed by atoms with E-state index in [4.69, 9.17) is 4.74 Å². The summed E-state index contributed by atoms with van der Waals surface area (Å²) in [7, 11) is 1.66. The first-order valence-corrected chi connectivity index (χ1v) is 6.93. The molecule has 0 amide bonds. The van der Waals surface area contributed by atoms with Gasteiger partial charge in [0.05, 0.1) is 7.11 Å². The quantitative estimate of drug-likeness (QED) is 0.889. The number of rotatable bonds is 4. The Balaban J connectivity index is 1.90. The zero-order valence-corrected chi connectivity index (χ0v) is 11.6.